The van der Waals surface area contributed by atoms with Gasteiger partial charge in [0, 0.05) is 13.1 Å². The van der Waals surface area contributed by atoms with Gasteiger partial charge in [0.1, 0.15) is 12.7 Å². The number of para-hydroxylation sites is 2. The van der Waals surface area contributed by atoms with Crippen LogP contribution in [0.25, 0.3) is 0 Å². The zero-order valence-corrected chi connectivity index (χ0v) is 15.7. The molecule has 1 fully saturated rings. The Hall–Kier alpha value is -2.54. The van der Waals surface area contributed by atoms with Gasteiger partial charge in [-0.2, -0.15) is 0 Å². The maximum absolute atomic E-state index is 12.6. The lowest BCUT2D eigenvalue weighted by molar-refractivity contribution is -0.126. The SMILES string of the molecule is O=C(NC[C@H]1COc2ccccc2O1)[C@@H]1CCCN(C(=O)c2cccs2)C1. The number of benzene rings is 1. The predicted molar refractivity (Wildman–Crippen MR) is 102 cm³/mol. The predicted octanol–water partition coefficient (Wildman–Crippen LogP) is 2.56. The molecule has 2 aliphatic heterocycles. The van der Waals surface area contributed by atoms with Crippen molar-refractivity contribution in [3.05, 3.63) is 46.7 Å². The Morgan fingerprint density at radius 3 is 2.85 bits per heavy atom. The van der Waals surface area contributed by atoms with Crippen molar-refractivity contribution in [3.63, 3.8) is 0 Å². The lowest BCUT2D eigenvalue weighted by Gasteiger charge is -2.32. The number of carbonyl (C=O) groups excluding carboxylic acids is 2. The zero-order valence-electron chi connectivity index (χ0n) is 14.9. The molecule has 27 heavy (non-hydrogen) atoms. The van der Waals surface area contributed by atoms with Gasteiger partial charge in [0.2, 0.25) is 5.91 Å². The molecular weight excluding hydrogens is 364 g/mol. The minimum atomic E-state index is -0.212. The summed E-state index contributed by atoms with van der Waals surface area (Å²) in [6.07, 6.45) is 1.42. The number of fused-ring (bicyclic) bond motifs is 1. The summed E-state index contributed by atoms with van der Waals surface area (Å²) < 4.78 is 11.6. The molecular formula is C20H22N2O4S. The van der Waals surface area contributed by atoms with E-state index in [0.29, 0.717) is 32.0 Å². The molecule has 0 aliphatic carbocycles. The number of hydrogen-bond donors (Lipinski definition) is 1. The fraction of sp³-hybridized carbons (Fsp3) is 0.400. The quantitative estimate of drug-likeness (QED) is 0.877. The minimum absolute atomic E-state index is 0.0168. The van der Waals surface area contributed by atoms with Gasteiger partial charge in [-0.25, -0.2) is 0 Å². The van der Waals surface area contributed by atoms with E-state index >= 15 is 0 Å². The fourth-order valence-electron chi connectivity index (χ4n) is 3.45. The molecule has 0 saturated carbocycles. The molecule has 0 spiro atoms. The van der Waals surface area contributed by atoms with Gasteiger partial charge in [-0.3, -0.25) is 9.59 Å². The number of likely N-dealkylation sites (tertiary alicyclic amines) is 1. The first-order valence-corrected chi connectivity index (χ1v) is 10.1. The highest BCUT2D eigenvalue weighted by molar-refractivity contribution is 7.12. The Labute approximate surface area is 162 Å². The first-order chi connectivity index (χ1) is 13.2. The fourth-order valence-corrected chi connectivity index (χ4v) is 4.14. The lowest BCUT2D eigenvalue weighted by Crippen LogP contribution is -2.48. The molecule has 2 aliphatic rings. The molecule has 1 N–H and O–H groups in total. The molecule has 1 aromatic heterocycles. The standard InChI is InChI=1S/C20H22N2O4S/c23-19(21-11-15-13-25-16-6-1-2-7-17(16)26-15)14-5-3-9-22(12-14)20(24)18-8-4-10-27-18/h1-2,4,6-8,10,14-15H,3,5,9,11-13H2,(H,21,23)/t14-,15+/m1/s1. The van der Waals surface area contributed by atoms with E-state index in [1.165, 1.54) is 11.3 Å². The molecule has 0 unspecified atom stereocenters. The van der Waals surface area contributed by atoms with Crippen LogP contribution in [0.3, 0.4) is 0 Å². The van der Waals surface area contributed by atoms with Crippen LogP contribution in [-0.4, -0.2) is 49.1 Å². The molecule has 3 heterocycles. The maximum Gasteiger partial charge on any atom is 0.263 e. The summed E-state index contributed by atoms with van der Waals surface area (Å²) in [6.45, 7) is 1.97. The zero-order chi connectivity index (χ0) is 18.6. The molecule has 142 valence electrons. The van der Waals surface area contributed by atoms with Gasteiger partial charge >= 0.3 is 0 Å². The number of carbonyl (C=O) groups is 2. The van der Waals surface area contributed by atoms with Gasteiger partial charge < -0.3 is 19.7 Å². The van der Waals surface area contributed by atoms with Gasteiger partial charge in [0.15, 0.2) is 11.5 Å². The molecule has 1 saturated heterocycles. The van der Waals surface area contributed by atoms with E-state index < -0.39 is 0 Å². The number of nitrogens with one attached hydrogen (secondary N) is 1. The number of piperidine rings is 1. The van der Waals surface area contributed by atoms with Crippen LogP contribution in [0.2, 0.25) is 0 Å². The molecule has 0 bridgehead atoms. The normalized spacial score (nSPS) is 21.6. The van der Waals surface area contributed by atoms with Crippen molar-refractivity contribution >= 4 is 23.2 Å². The van der Waals surface area contributed by atoms with Crippen LogP contribution in [-0.2, 0) is 4.79 Å². The number of amides is 2. The maximum atomic E-state index is 12.6. The lowest BCUT2D eigenvalue weighted by atomic mass is 9.97. The number of hydrogen-bond acceptors (Lipinski definition) is 5. The van der Waals surface area contributed by atoms with Crippen molar-refractivity contribution in [2.75, 3.05) is 26.2 Å². The van der Waals surface area contributed by atoms with Crippen molar-refractivity contribution in [2.24, 2.45) is 5.92 Å². The van der Waals surface area contributed by atoms with Crippen LogP contribution in [0.15, 0.2) is 41.8 Å². The van der Waals surface area contributed by atoms with Crippen LogP contribution in [0.5, 0.6) is 11.5 Å². The summed E-state index contributed by atoms with van der Waals surface area (Å²) >= 11 is 1.44. The molecule has 2 amide bonds. The highest BCUT2D eigenvalue weighted by atomic mass is 32.1. The second-order valence-electron chi connectivity index (χ2n) is 6.81. The number of thiophene rings is 1. The molecule has 1 aromatic carbocycles. The molecule has 0 radical (unpaired) electrons. The highest BCUT2D eigenvalue weighted by Crippen LogP contribution is 2.30. The smallest absolute Gasteiger partial charge is 0.263 e. The van der Waals surface area contributed by atoms with Crippen LogP contribution in [0, 0.1) is 5.92 Å². The van der Waals surface area contributed by atoms with E-state index in [1.54, 1.807) is 4.90 Å². The first kappa shape index (κ1) is 17.9. The monoisotopic (exact) mass is 386 g/mol. The third kappa shape index (κ3) is 4.08. The third-order valence-corrected chi connectivity index (χ3v) is 5.74. The Morgan fingerprint density at radius 1 is 1.19 bits per heavy atom. The largest absolute Gasteiger partial charge is 0.486 e. The topological polar surface area (TPSA) is 67.9 Å². The van der Waals surface area contributed by atoms with E-state index in [-0.39, 0.29) is 23.8 Å². The van der Waals surface area contributed by atoms with Crippen LogP contribution >= 0.6 is 11.3 Å². The van der Waals surface area contributed by atoms with E-state index in [4.69, 9.17) is 9.47 Å². The van der Waals surface area contributed by atoms with E-state index in [2.05, 4.69) is 5.32 Å². The average Bonchev–Trinajstić information content (AvgIpc) is 3.26. The Balaban J connectivity index is 1.29. The number of rotatable bonds is 4. The molecule has 7 heteroatoms. The van der Waals surface area contributed by atoms with E-state index in [1.807, 2.05) is 41.8 Å². The van der Waals surface area contributed by atoms with Gasteiger partial charge in [-0.05, 0) is 36.4 Å². The summed E-state index contributed by atoms with van der Waals surface area (Å²) in [5, 5.41) is 4.86. The Morgan fingerprint density at radius 2 is 2.04 bits per heavy atom. The van der Waals surface area contributed by atoms with Crippen LogP contribution < -0.4 is 14.8 Å². The second-order valence-corrected chi connectivity index (χ2v) is 7.76. The van der Waals surface area contributed by atoms with Gasteiger partial charge in [0.05, 0.1) is 17.3 Å². The van der Waals surface area contributed by atoms with Crippen molar-refractivity contribution in [1.29, 1.82) is 0 Å². The first-order valence-electron chi connectivity index (χ1n) is 9.19. The van der Waals surface area contributed by atoms with Crippen LogP contribution in [0.1, 0.15) is 22.5 Å². The summed E-state index contributed by atoms with van der Waals surface area (Å²) in [4.78, 5) is 27.6. The summed E-state index contributed by atoms with van der Waals surface area (Å²) in [6, 6.07) is 11.2. The molecule has 2 atom stereocenters. The van der Waals surface area contributed by atoms with Gasteiger partial charge in [0.25, 0.3) is 5.91 Å². The Kier molecular flexibility index (Phi) is 5.29. The minimum Gasteiger partial charge on any atom is -0.486 e. The van der Waals surface area contributed by atoms with Gasteiger partial charge in [-0.1, -0.05) is 18.2 Å². The number of ether oxygens (including phenoxy) is 2. The molecule has 4 rings (SSSR count). The average molecular weight is 386 g/mol. The summed E-state index contributed by atoms with van der Waals surface area (Å²) in [5.74, 6) is 1.24. The summed E-state index contributed by atoms with van der Waals surface area (Å²) in [5.41, 5.74) is 0. The molecule has 6 nitrogen and oxygen atoms in total. The van der Waals surface area contributed by atoms with Crippen molar-refractivity contribution < 1.29 is 19.1 Å². The highest BCUT2D eigenvalue weighted by Gasteiger charge is 2.30. The van der Waals surface area contributed by atoms with Crippen molar-refractivity contribution in [1.82, 2.24) is 10.2 Å². The number of nitrogens with zero attached hydrogens (tertiary/aromatic N) is 1. The third-order valence-electron chi connectivity index (χ3n) is 4.88. The van der Waals surface area contributed by atoms with Crippen molar-refractivity contribution in [3.8, 4) is 11.5 Å². The molecule has 2 aromatic rings. The van der Waals surface area contributed by atoms with E-state index in [9.17, 15) is 9.59 Å². The summed E-state index contributed by atoms with van der Waals surface area (Å²) in [7, 11) is 0. The van der Waals surface area contributed by atoms with E-state index in [0.717, 1.165) is 23.5 Å². The second kappa shape index (κ2) is 8.00. The van der Waals surface area contributed by atoms with Crippen molar-refractivity contribution in [2.45, 2.75) is 18.9 Å². The Bertz CT molecular complexity index is 808. The van der Waals surface area contributed by atoms with Crippen LogP contribution in [0.4, 0.5) is 0 Å². The van der Waals surface area contributed by atoms with Gasteiger partial charge in [-0.15, -0.1) is 11.3 Å².